The maximum atomic E-state index is 4.36. The van der Waals surface area contributed by atoms with Gasteiger partial charge in [-0.2, -0.15) is 0 Å². The van der Waals surface area contributed by atoms with E-state index in [0.717, 1.165) is 31.3 Å². The van der Waals surface area contributed by atoms with Crippen LogP contribution in [0.25, 0.3) is 5.69 Å². The second-order valence-corrected chi connectivity index (χ2v) is 6.33. The number of hydrogen-bond donors (Lipinski definition) is 2. The van der Waals surface area contributed by atoms with E-state index in [9.17, 15) is 0 Å². The Morgan fingerprint density at radius 1 is 1.32 bits per heavy atom. The Labute approximate surface area is 150 Å². The van der Waals surface area contributed by atoms with Crippen molar-refractivity contribution in [3.8, 4) is 5.69 Å². The van der Waals surface area contributed by atoms with Gasteiger partial charge in [0, 0.05) is 38.6 Å². The second-order valence-electron chi connectivity index (χ2n) is 6.33. The number of aliphatic imine (C=N–C) groups is 1. The molecule has 1 unspecified atom stereocenters. The van der Waals surface area contributed by atoms with Crippen LogP contribution in [-0.4, -0.2) is 53.1 Å². The van der Waals surface area contributed by atoms with E-state index in [4.69, 9.17) is 0 Å². The van der Waals surface area contributed by atoms with Crippen LogP contribution in [0.1, 0.15) is 25.3 Å². The summed E-state index contributed by atoms with van der Waals surface area (Å²) in [4.78, 5) is 11.0. The normalized spacial score (nSPS) is 18.5. The summed E-state index contributed by atoms with van der Waals surface area (Å²) in [6, 6.07) is 8.95. The summed E-state index contributed by atoms with van der Waals surface area (Å²) >= 11 is 0. The molecule has 6 heteroatoms. The first kappa shape index (κ1) is 17.5. The van der Waals surface area contributed by atoms with E-state index >= 15 is 0 Å². The van der Waals surface area contributed by atoms with Gasteiger partial charge in [-0.05, 0) is 37.6 Å². The molecule has 0 bridgehead atoms. The third-order valence-corrected chi connectivity index (χ3v) is 4.85. The van der Waals surface area contributed by atoms with E-state index in [1.807, 2.05) is 30.2 Å². The molecule has 1 aromatic heterocycles. The van der Waals surface area contributed by atoms with E-state index in [1.54, 1.807) is 6.20 Å². The molecule has 0 spiro atoms. The van der Waals surface area contributed by atoms with Gasteiger partial charge >= 0.3 is 0 Å². The largest absolute Gasteiger partial charge is 0.355 e. The number of likely N-dealkylation sites (tertiary alicyclic amines) is 1. The Hall–Kier alpha value is -2.34. The van der Waals surface area contributed by atoms with Gasteiger partial charge in [-0.3, -0.25) is 9.89 Å². The summed E-state index contributed by atoms with van der Waals surface area (Å²) < 4.78 is 2.03. The zero-order valence-electron chi connectivity index (χ0n) is 15.2. The number of guanidine groups is 1. The van der Waals surface area contributed by atoms with Crippen LogP contribution in [0.4, 0.5) is 0 Å². The highest BCUT2D eigenvalue weighted by Crippen LogP contribution is 2.16. The van der Waals surface area contributed by atoms with Gasteiger partial charge in [0.2, 0.25) is 0 Å². The summed E-state index contributed by atoms with van der Waals surface area (Å²) in [5, 5.41) is 6.91. The van der Waals surface area contributed by atoms with Gasteiger partial charge in [-0.1, -0.05) is 25.1 Å². The van der Waals surface area contributed by atoms with Crippen LogP contribution < -0.4 is 10.6 Å². The lowest BCUT2D eigenvalue weighted by atomic mass is 10.1. The van der Waals surface area contributed by atoms with Gasteiger partial charge < -0.3 is 15.2 Å². The maximum Gasteiger partial charge on any atom is 0.191 e. The van der Waals surface area contributed by atoms with Gasteiger partial charge in [0.15, 0.2) is 5.96 Å². The van der Waals surface area contributed by atoms with E-state index in [2.05, 4.69) is 50.6 Å². The number of benzene rings is 1. The minimum atomic E-state index is 0.613. The molecule has 2 N–H and O–H groups in total. The standard InChI is InChI=1S/C19H28N6/c1-3-24-11-6-8-17(24)14-23-19(20-2)22-13-16-7-4-5-9-18(16)25-12-10-21-15-25/h4-5,7,9-10,12,15,17H,3,6,8,11,13-14H2,1-2H3,(H2,20,22,23). The first-order valence-electron chi connectivity index (χ1n) is 9.06. The average Bonchev–Trinajstić information content (AvgIpc) is 3.33. The molecule has 2 aromatic rings. The molecule has 1 atom stereocenters. The number of hydrogen-bond acceptors (Lipinski definition) is 3. The summed E-state index contributed by atoms with van der Waals surface area (Å²) in [5.74, 6) is 0.850. The topological polar surface area (TPSA) is 57.5 Å². The highest BCUT2D eigenvalue weighted by Gasteiger charge is 2.22. The minimum absolute atomic E-state index is 0.613. The van der Waals surface area contributed by atoms with Crippen LogP contribution in [0.2, 0.25) is 0 Å². The van der Waals surface area contributed by atoms with Crippen LogP contribution in [0.5, 0.6) is 0 Å². The van der Waals surface area contributed by atoms with Gasteiger partial charge in [0.05, 0.1) is 12.0 Å². The third-order valence-electron chi connectivity index (χ3n) is 4.85. The molecule has 0 radical (unpaired) electrons. The Morgan fingerprint density at radius 3 is 2.96 bits per heavy atom. The SMILES string of the molecule is CCN1CCCC1CNC(=NC)NCc1ccccc1-n1ccnc1. The number of rotatable bonds is 6. The van der Waals surface area contributed by atoms with Crippen molar-refractivity contribution in [1.29, 1.82) is 0 Å². The van der Waals surface area contributed by atoms with Crippen molar-refractivity contribution in [2.24, 2.45) is 4.99 Å². The lowest BCUT2D eigenvalue weighted by Gasteiger charge is -2.24. The molecule has 1 aliphatic rings. The molecule has 1 aromatic carbocycles. The number of para-hydroxylation sites is 1. The molecule has 0 amide bonds. The molecule has 0 saturated carbocycles. The second kappa shape index (κ2) is 8.67. The molecule has 0 aliphatic carbocycles. The summed E-state index contributed by atoms with van der Waals surface area (Å²) in [5.41, 5.74) is 2.34. The maximum absolute atomic E-state index is 4.36. The highest BCUT2D eigenvalue weighted by atomic mass is 15.2. The zero-order valence-corrected chi connectivity index (χ0v) is 15.2. The lowest BCUT2D eigenvalue weighted by molar-refractivity contribution is 0.267. The van der Waals surface area contributed by atoms with Crippen molar-refractivity contribution in [3.63, 3.8) is 0 Å². The molecule has 25 heavy (non-hydrogen) atoms. The first-order chi connectivity index (χ1) is 12.3. The Balaban J connectivity index is 1.57. The number of likely N-dealkylation sites (N-methyl/N-ethyl adjacent to an activating group) is 1. The van der Waals surface area contributed by atoms with Crippen LogP contribution in [0.15, 0.2) is 48.0 Å². The molecule has 1 fully saturated rings. The molecular weight excluding hydrogens is 312 g/mol. The molecule has 6 nitrogen and oxygen atoms in total. The number of nitrogens with one attached hydrogen (secondary N) is 2. The minimum Gasteiger partial charge on any atom is -0.355 e. The number of aromatic nitrogens is 2. The molecule has 2 heterocycles. The van der Waals surface area contributed by atoms with Crippen molar-refractivity contribution in [1.82, 2.24) is 25.1 Å². The molecular formula is C19H28N6. The molecule has 134 valence electrons. The van der Waals surface area contributed by atoms with Gasteiger partial charge in [0.25, 0.3) is 0 Å². The summed E-state index contributed by atoms with van der Waals surface area (Å²) in [7, 11) is 1.82. The van der Waals surface area contributed by atoms with Crippen LogP contribution >= 0.6 is 0 Å². The quantitative estimate of drug-likeness (QED) is 0.624. The smallest absolute Gasteiger partial charge is 0.191 e. The van der Waals surface area contributed by atoms with E-state index < -0.39 is 0 Å². The monoisotopic (exact) mass is 340 g/mol. The Bertz CT molecular complexity index is 679. The third kappa shape index (κ3) is 4.39. The van der Waals surface area contributed by atoms with Crippen molar-refractivity contribution >= 4 is 5.96 Å². The Morgan fingerprint density at radius 2 is 2.20 bits per heavy atom. The zero-order chi connectivity index (χ0) is 17.5. The fraction of sp³-hybridized carbons (Fsp3) is 0.474. The predicted octanol–water partition coefficient (Wildman–Crippen LogP) is 2.02. The highest BCUT2D eigenvalue weighted by molar-refractivity contribution is 5.79. The predicted molar refractivity (Wildman–Crippen MR) is 102 cm³/mol. The summed E-state index contributed by atoms with van der Waals surface area (Å²) in [6.07, 6.45) is 8.15. The van der Waals surface area contributed by atoms with Gasteiger partial charge in [-0.15, -0.1) is 0 Å². The van der Waals surface area contributed by atoms with Crippen LogP contribution in [0.3, 0.4) is 0 Å². The van der Waals surface area contributed by atoms with Crippen LogP contribution in [0, 0.1) is 0 Å². The first-order valence-corrected chi connectivity index (χ1v) is 9.06. The van der Waals surface area contributed by atoms with Crippen LogP contribution in [-0.2, 0) is 6.54 Å². The Kier molecular flexibility index (Phi) is 6.06. The lowest BCUT2D eigenvalue weighted by Crippen LogP contribution is -2.44. The van der Waals surface area contributed by atoms with Crippen molar-refractivity contribution < 1.29 is 0 Å². The fourth-order valence-electron chi connectivity index (χ4n) is 3.47. The van der Waals surface area contributed by atoms with Crippen molar-refractivity contribution in [2.45, 2.75) is 32.4 Å². The molecule has 3 rings (SSSR count). The van der Waals surface area contributed by atoms with Gasteiger partial charge in [-0.25, -0.2) is 4.98 Å². The average molecular weight is 340 g/mol. The fourth-order valence-corrected chi connectivity index (χ4v) is 3.47. The number of imidazole rings is 1. The van der Waals surface area contributed by atoms with Gasteiger partial charge in [0.1, 0.15) is 0 Å². The van der Waals surface area contributed by atoms with E-state index in [-0.39, 0.29) is 0 Å². The van der Waals surface area contributed by atoms with E-state index in [1.165, 1.54) is 24.9 Å². The molecule has 1 saturated heterocycles. The molecule has 1 aliphatic heterocycles. The van der Waals surface area contributed by atoms with Crippen molar-refractivity contribution in [3.05, 3.63) is 48.5 Å². The summed E-state index contributed by atoms with van der Waals surface area (Å²) in [6.45, 7) is 6.23. The van der Waals surface area contributed by atoms with E-state index in [0.29, 0.717) is 6.04 Å². The van der Waals surface area contributed by atoms with Crippen molar-refractivity contribution in [2.75, 3.05) is 26.7 Å². The number of nitrogens with zero attached hydrogens (tertiary/aromatic N) is 4.